The average Bonchev–Trinajstić information content (AvgIpc) is 2.34. The van der Waals surface area contributed by atoms with Crippen molar-refractivity contribution in [2.24, 2.45) is 5.84 Å². The first kappa shape index (κ1) is 13.8. The molecule has 0 amide bonds. The van der Waals surface area contributed by atoms with Crippen molar-refractivity contribution < 1.29 is 13.2 Å². The highest BCUT2D eigenvalue weighted by molar-refractivity contribution is 7.89. The van der Waals surface area contributed by atoms with Crippen LogP contribution >= 0.6 is 0 Å². The third-order valence-electron chi connectivity index (χ3n) is 1.94. The predicted octanol–water partition coefficient (Wildman–Crippen LogP) is -0.318. The number of nitrogens with two attached hydrogens (primary N) is 1. The van der Waals surface area contributed by atoms with Gasteiger partial charge in [0.2, 0.25) is 10.0 Å². The molecule has 0 radical (unpaired) electrons. The molecule has 0 unspecified atom stereocenters. The van der Waals surface area contributed by atoms with Gasteiger partial charge >= 0.3 is 0 Å². The minimum Gasteiger partial charge on any atom is -0.380 e. The minimum absolute atomic E-state index is 0.0130. The second-order valence-corrected chi connectivity index (χ2v) is 4.82. The summed E-state index contributed by atoms with van der Waals surface area (Å²) in [4.78, 5) is 3.83. The van der Waals surface area contributed by atoms with E-state index in [9.17, 15) is 8.42 Å². The van der Waals surface area contributed by atoms with E-state index in [2.05, 4.69) is 15.1 Å². The average molecular weight is 260 g/mol. The highest BCUT2D eigenvalue weighted by Gasteiger charge is 2.18. The maximum atomic E-state index is 11.9. The number of hydrogen-bond acceptors (Lipinski definition) is 6. The molecule has 0 spiro atoms. The Labute approximate surface area is 100 Å². The van der Waals surface area contributed by atoms with Crippen LogP contribution in [0.25, 0.3) is 0 Å². The number of rotatable bonds is 7. The van der Waals surface area contributed by atoms with Crippen molar-refractivity contribution >= 4 is 15.8 Å². The lowest BCUT2D eigenvalue weighted by Crippen LogP contribution is -2.28. The van der Waals surface area contributed by atoms with Crippen LogP contribution in [0.3, 0.4) is 0 Å². The van der Waals surface area contributed by atoms with Gasteiger partial charge in [-0.05, 0) is 19.1 Å². The van der Waals surface area contributed by atoms with Crippen LogP contribution in [0.5, 0.6) is 0 Å². The molecule has 1 rings (SSSR count). The fourth-order valence-electron chi connectivity index (χ4n) is 1.19. The van der Waals surface area contributed by atoms with Crippen molar-refractivity contribution in [3.05, 3.63) is 18.3 Å². The Balaban J connectivity index is 2.75. The van der Waals surface area contributed by atoms with Crippen molar-refractivity contribution in [1.29, 1.82) is 0 Å². The van der Waals surface area contributed by atoms with Gasteiger partial charge in [-0.2, -0.15) is 0 Å². The molecule has 0 aliphatic rings. The van der Waals surface area contributed by atoms with Gasteiger partial charge in [-0.1, -0.05) is 0 Å². The minimum atomic E-state index is -3.62. The van der Waals surface area contributed by atoms with Gasteiger partial charge in [-0.25, -0.2) is 24.0 Å². The fraction of sp³-hybridized carbons (Fsp3) is 0.444. The Morgan fingerprint density at radius 3 is 2.94 bits per heavy atom. The number of anilines is 1. The molecular formula is C9H16N4O3S. The number of hydrazine groups is 1. The highest BCUT2D eigenvalue weighted by Crippen LogP contribution is 2.15. The molecule has 0 aliphatic carbocycles. The number of nitrogens with zero attached hydrogens (tertiary/aromatic N) is 1. The van der Waals surface area contributed by atoms with Crippen LogP contribution in [0, 0.1) is 0 Å². The summed E-state index contributed by atoms with van der Waals surface area (Å²) in [5.74, 6) is 5.30. The van der Waals surface area contributed by atoms with Gasteiger partial charge in [0.25, 0.3) is 0 Å². The maximum Gasteiger partial charge on any atom is 0.244 e. The molecule has 1 aromatic rings. The van der Waals surface area contributed by atoms with Crippen molar-refractivity contribution in [1.82, 2.24) is 9.71 Å². The zero-order chi connectivity index (χ0) is 12.7. The summed E-state index contributed by atoms with van der Waals surface area (Å²) in [6, 6.07) is 2.95. The van der Waals surface area contributed by atoms with Crippen molar-refractivity contribution in [2.45, 2.75) is 11.8 Å². The molecule has 8 heteroatoms. The molecule has 0 aromatic carbocycles. The summed E-state index contributed by atoms with van der Waals surface area (Å²) in [6.07, 6.45) is 1.45. The molecule has 0 bridgehead atoms. The van der Waals surface area contributed by atoms with Crippen LogP contribution in [0.15, 0.2) is 23.2 Å². The summed E-state index contributed by atoms with van der Waals surface area (Å²) in [7, 11) is -3.62. The number of aromatic nitrogens is 1. The Morgan fingerprint density at radius 1 is 1.53 bits per heavy atom. The number of ether oxygens (including phenoxy) is 1. The summed E-state index contributed by atoms with van der Waals surface area (Å²) < 4.78 is 31.2. The summed E-state index contributed by atoms with van der Waals surface area (Å²) in [6.45, 7) is 2.91. The lowest BCUT2D eigenvalue weighted by atomic mass is 10.5. The number of sulfonamides is 1. The van der Waals surface area contributed by atoms with Gasteiger partial charge in [-0.3, -0.25) is 0 Å². The molecule has 4 N–H and O–H groups in total. The van der Waals surface area contributed by atoms with Gasteiger partial charge in [0, 0.05) is 19.3 Å². The van der Waals surface area contributed by atoms with E-state index in [-0.39, 0.29) is 17.3 Å². The molecule has 0 atom stereocenters. The standard InChI is InChI=1S/C9H16N4O3S/c1-2-16-7-6-12-17(14,15)8-4-3-5-11-9(8)13-10/h3-5,12H,2,6-7,10H2,1H3,(H,11,13). The zero-order valence-corrected chi connectivity index (χ0v) is 10.3. The topological polar surface area (TPSA) is 106 Å². The molecule has 0 aliphatic heterocycles. The smallest absolute Gasteiger partial charge is 0.244 e. The van der Waals surface area contributed by atoms with E-state index in [1.54, 1.807) is 0 Å². The predicted molar refractivity (Wildman–Crippen MR) is 63.7 cm³/mol. The van der Waals surface area contributed by atoms with E-state index >= 15 is 0 Å². The van der Waals surface area contributed by atoms with Gasteiger partial charge in [0.15, 0.2) is 5.82 Å². The van der Waals surface area contributed by atoms with Gasteiger partial charge in [0.1, 0.15) is 4.90 Å². The van der Waals surface area contributed by atoms with Gasteiger partial charge < -0.3 is 10.2 Å². The van der Waals surface area contributed by atoms with E-state index in [0.717, 1.165) is 0 Å². The molecule has 17 heavy (non-hydrogen) atoms. The van der Waals surface area contributed by atoms with E-state index in [1.165, 1.54) is 18.3 Å². The van der Waals surface area contributed by atoms with Crippen LogP contribution in [0.4, 0.5) is 5.82 Å². The van der Waals surface area contributed by atoms with Crippen molar-refractivity contribution in [3.63, 3.8) is 0 Å². The first-order valence-electron chi connectivity index (χ1n) is 5.11. The van der Waals surface area contributed by atoms with Crippen molar-refractivity contribution in [3.8, 4) is 0 Å². The second kappa shape index (κ2) is 6.50. The first-order valence-corrected chi connectivity index (χ1v) is 6.59. The third-order valence-corrected chi connectivity index (χ3v) is 3.43. The first-order chi connectivity index (χ1) is 8.11. The third kappa shape index (κ3) is 3.93. The Morgan fingerprint density at radius 2 is 2.29 bits per heavy atom. The van der Waals surface area contributed by atoms with Crippen LogP contribution in [-0.2, 0) is 14.8 Å². The molecule has 0 fully saturated rings. The summed E-state index contributed by atoms with van der Waals surface area (Å²) >= 11 is 0. The number of nitrogen functional groups attached to an aromatic ring is 1. The van der Waals surface area contributed by atoms with Crippen LogP contribution in [-0.4, -0.2) is 33.2 Å². The van der Waals surface area contributed by atoms with E-state index in [4.69, 9.17) is 10.6 Å². The quantitative estimate of drug-likeness (QED) is 0.352. The summed E-state index contributed by atoms with van der Waals surface area (Å²) in [5.41, 5.74) is 2.24. The number of hydrogen-bond donors (Lipinski definition) is 3. The fourth-order valence-corrected chi connectivity index (χ4v) is 2.32. The maximum absolute atomic E-state index is 11.9. The molecular weight excluding hydrogens is 244 g/mol. The van der Waals surface area contributed by atoms with E-state index in [0.29, 0.717) is 13.2 Å². The molecule has 96 valence electrons. The van der Waals surface area contributed by atoms with Crippen LogP contribution in [0.1, 0.15) is 6.92 Å². The highest BCUT2D eigenvalue weighted by atomic mass is 32.2. The molecule has 7 nitrogen and oxygen atoms in total. The van der Waals surface area contributed by atoms with Crippen LogP contribution < -0.4 is 16.0 Å². The number of nitrogens with one attached hydrogen (secondary N) is 2. The largest absolute Gasteiger partial charge is 0.380 e. The van der Waals surface area contributed by atoms with E-state index < -0.39 is 10.0 Å². The molecule has 0 saturated heterocycles. The van der Waals surface area contributed by atoms with Gasteiger partial charge in [-0.15, -0.1) is 0 Å². The normalized spacial score (nSPS) is 11.4. The van der Waals surface area contributed by atoms with Crippen molar-refractivity contribution in [2.75, 3.05) is 25.2 Å². The lowest BCUT2D eigenvalue weighted by molar-refractivity contribution is 0.153. The summed E-state index contributed by atoms with van der Waals surface area (Å²) in [5, 5.41) is 0. The monoisotopic (exact) mass is 260 g/mol. The van der Waals surface area contributed by atoms with Crippen LogP contribution in [0.2, 0.25) is 0 Å². The second-order valence-electron chi connectivity index (χ2n) is 3.09. The molecule has 0 saturated carbocycles. The van der Waals surface area contributed by atoms with Gasteiger partial charge in [0.05, 0.1) is 6.61 Å². The Bertz CT molecular complexity index is 449. The Kier molecular flexibility index (Phi) is 5.29. The molecule has 1 aromatic heterocycles. The zero-order valence-electron chi connectivity index (χ0n) is 9.51. The Hall–Kier alpha value is -1.22. The van der Waals surface area contributed by atoms with E-state index in [1.807, 2.05) is 6.92 Å². The number of pyridine rings is 1. The lowest BCUT2D eigenvalue weighted by Gasteiger charge is -2.09. The SMILES string of the molecule is CCOCCNS(=O)(=O)c1cccnc1NN. The molecule has 1 heterocycles.